The summed E-state index contributed by atoms with van der Waals surface area (Å²) in [5.74, 6) is 5.09. The van der Waals surface area contributed by atoms with Crippen LogP contribution >= 0.6 is 0 Å². The smallest absolute Gasteiger partial charge is 0.456 e. The summed E-state index contributed by atoms with van der Waals surface area (Å²) < 4.78 is 140. The molecule has 5 aromatic heterocycles. The number of cyclic esters (lactones) is 1. The number of carbonyl (C=O) groups is 1. The Kier molecular flexibility index (Phi) is 39.9. The Morgan fingerprint density at radius 1 is 0.578 bits per heavy atom. The number of fused-ring (bicyclic) bond motifs is 1. The normalized spacial score (nSPS) is 22.4. The van der Waals surface area contributed by atoms with E-state index in [9.17, 15) is 79.7 Å². The van der Waals surface area contributed by atoms with E-state index in [1.54, 1.807) is 40.7 Å². The topological polar surface area (TPSA) is 487 Å². The lowest BCUT2D eigenvalue weighted by molar-refractivity contribution is -0.213. The molecule has 38 nitrogen and oxygen atoms in total. The van der Waals surface area contributed by atoms with Gasteiger partial charge in [0.15, 0.2) is 0 Å². The number of esters is 1. The van der Waals surface area contributed by atoms with Gasteiger partial charge in [-0.05, 0) is 104 Å². The average molecular weight is 1660 g/mol. The van der Waals surface area contributed by atoms with Gasteiger partial charge in [0.05, 0.1) is 55.5 Å². The number of halogens is 6. The number of methoxy groups -OCH3 is 1. The van der Waals surface area contributed by atoms with Gasteiger partial charge in [0, 0.05) is 110 Å². The number of nitrogens with one attached hydrogen (secondary N) is 4. The Labute approximate surface area is 658 Å². The maximum absolute atomic E-state index is 12.8. The minimum Gasteiger partial charge on any atom is -0.456 e. The van der Waals surface area contributed by atoms with Crippen molar-refractivity contribution in [1.82, 2.24) is 53.2 Å². The summed E-state index contributed by atoms with van der Waals surface area (Å²) in [7, 11) is 1.51. The van der Waals surface area contributed by atoms with Crippen LogP contribution in [0.15, 0.2) is 92.7 Å². The molecule has 7 N–H and O–H groups in total. The van der Waals surface area contributed by atoms with Gasteiger partial charge in [0.2, 0.25) is 25.7 Å². The van der Waals surface area contributed by atoms with Gasteiger partial charge in [-0.2, -0.15) is 17.9 Å². The molecule has 5 aliphatic rings. The summed E-state index contributed by atoms with van der Waals surface area (Å²) in [5, 5.41) is 36.2. The van der Waals surface area contributed by atoms with Crippen LogP contribution in [0.4, 0.5) is 26.3 Å². The zero-order chi connectivity index (χ0) is 87.1. The number of carbonyl (C=O) groups excluding carboxylic acids is 1. The highest BCUT2D eigenvalue weighted by atomic mass is 19.4. The molecule has 1 aromatic carbocycles. The first-order valence-corrected chi connectivity index (χ1v) is 36.4. The number of para-hydroxylation sites is 1. The number of aryl methyl sites for hydroxylation is 5. The van der Waals surface area contributed by atoms with Crippen molar-refractivity contribution in [3.63, 3.8) is 0 Å². The summed E-state index contributed by atoms with van der Waals surface area (Å²) in [6.07, 6.45) is 1.90. The number of ether oxygens (including phenoxy) is 12. The molecule has 0 aliphatic carbocycles. The number of H-pyrrole nitrogens is 4. The molecule has 4 saturated heterocycles. The van der Waals surface area contributed by atoms with Crippen molar-refractivity contribution in [3.05, 3.63) is 182 Å². The number of hydrogen-bond donors (Lipinski definition) is 7. The van der Waals surface area contributed by atoms with Crippen LogP contribution in [0.3, 0.4) is 0 Å². The number of aromatic nitrogens is 11. The summed E-state index contributed by atoms with van der Waals surface area (Å²) in [4.78, 5) is 114. The summed E-state index contributed by atoms with van der Waals surface area (Å²) in [6.45, 7) is 24.3. The molecule has 11 rings (SSSR count). The molecule has 0 saturated carbocycles. The van der Waals surface area contributed by atoms with Gasteiger partial charge in [-0.1, -0.05) is 52.0 Å². The molecule has 5 aliphatic heterocycles. The van der Waals surface area contributed by atoms with Crippen molar-refractivity contribution in [1.29, 1.82) is 0 Å². The van der Waals surface area contributed by atoms with E-state index in [0.29, 0.717) is 85.1 Å². The number of rotatable bonds is 20. The fourth-order valence-electron chi connectivity index (χ4n) is 11.3. The van der Waals surface area contributed by atoms with E-state index in [1.165, 1.54) is 60.2 Å². The zero-order valence-corrected chi connectivity index (χ0v) is 66.1. The highest BCUT2D eigenvalue weighted by Crippen LogP contribution is 2.37. The van der Waals surface area contributed by atoms with E-state index in [2.05, 4.69) is 46.8 Å². The van der Waals surface area contributed by atoms with Crippen molar-refractivity contribution >= 4 is 5.97 Å². The predicted molar refractivity (Wildman–Crippen MR) is 398 cm³/mol. The highest BCUT2D eigenvalue weighted by molar-refractivity contribution is 5.93. The second-order valence-corrected chi connectivity index (χ2v) is 25.1. The highest BCUT2D eigenvalue weighted by Gasteiger charge is 2.42. The van der Waals surface area contributed by atoms with E-state index in [4.69, 9.17) is 75.6 Å². The lowest BCUT2D eigenvalue weighted by atomic mass is 10.1. The van der Waals surface area contributed by atoms with Gasteiger partial charge < -0.3 is 72.2 Å². The van der Waals surface area contributed by atoms with Gasteiger partial charge in [-0.3, -0.25) is 57.4 Å². The minimum absolute atomic E-state index is 0.0245. The molecule has 0 radical (unpaired) electrons. The Hall–Kier alpha value is -10.2. The van der Waals surface area contributed by atoms with Gasteiger partial charge >= 0.3 is 41.3 Å². The first-order valence-electron chi connectivity index (χ1n) is 36.4. The van der Waals surface area contributed by atoms with E-state index < -0.39 is 132 Å². The van der Waals surface area contributed by atoms with Crippen LogP contribution < -0.4 is 49.7 Å². The van der Waals surface area contributed by atoms with Crippen LogP contribution in [0.5, 0.6) is 5.75 Å². The number of aliphatic hydroxyl groups is 3. The van der Waals surface area contributed by atoms with E-state index in [0.717, 1.165) is 5.56 Å². The van der Waals surface area contributed by atoms with Crippen molar-refractivity contribution < 1.29 is 103 Å². The van der Waals surface area contributed by atoms with Crippen molar-refractivity contribution in [2.75, 3.05) is 40.3 Å². The van der Waals surface area contributed by atoms with E-state index in [1.807, 2.05) is 67.5 Å². The fourth-order valence-corrected chi connectivity index (χ4v) is 11.3. The third-order valence-electron chi connectivity index (χ3n) is 17.0. The molecule has 0 spiro atoms. The number of alkyl halides is 6. The van der Waals surface area contributed by atoms with Gasteiger partial charge in [0.25, 0.3) is 22.2 Å². The minimum atomic E-state index is -4.74. The monoisotopic (exact) mass is 1660 g/mol. The van der Waals surface area contributed by atoms with Crippen LogP contribution in [0.1, 0.15) is 175 Å². The van der Waals surface area contributed by atoms with Crippen LogP contribution in [-0.2, 0) is 58.4 Å². The standard InChI is InChI=1S/C17H22F3N5O5.C16H22N2O5.C11H16N2O4.C10H14N2O5.C9H8O3.C6H10O2.C2H6.CF3N3/c1-4-11-12(6-13(29-11)24-7-9(3)14(26)21-16(24)27)30-15(28-5-2)10-8-25(23-22-10)17(18,19)20;1-5-11-12(23-14(6-2)21-7-3)8-13(22-11)18-9-10(4)15(19)17-16(18)20;1-3-8-7(14)4-9(17-8)13-5-6(2)10(15)12-11(13)16;1-5-3-12(10(16)11-9(5)15)8-2-6(14)7(4-13)17-8;1-6-3-2-4-7-8(6)11-5-12-9(7)10;1-4-6(7-3)8-5-2;1-2;2-1(3,4)6-7-5/h7-8,11-13,15H,4-6H2,1-3H3,(H,21,26,27);2,9,11-14H,5,7-8H2,1,3-4H3,(H,17,19,20);5,7-9,14H,3-4H2,1-2H3,(H,12,15,16);3,6-8,13-14H,2,4H2,1H3,(H,11,15,16);2-4H,5H2,1H3;1,6H,5H2,2-3H3;1-2H3;. The SMILES string of the molecule is C#CC(OC)OCC.C#CC(OCC)OC1CC(n2cc(C)c(=O)[nH]c2=O)OC1CC.CC.CCC1OC(n2cc(C)c(=O)[nH]c2=O)CC1O.CCOC(OC1CC(n2cc(C)c(=O)[nH]c2=O)OC1CC)c1cn(C(F)(F)F)nn1.Cc1cccc2c1OCOC2=O.Cc1cn(C2CC(O)C(CO)O2)c(=O)[nH]c1=O.[N-]=[N+]=NC(F)(F)F. The van der Waals surface area contributed by atoms with E-state index in [-0.39, 0.29) is 67.5 Å². The third kappa shape index (κ3) is 28.6. The fraction of sp³-hybridized carbons (Fsp3) is 0.597. The quantitative estimate of drug-likeness (QED) is 0.00671. The molecular formula is C72H98F6N14O24. The molecule has 15 unspecified atom stereocenters. The van der Waals surface area contributed by atoms with Crippen LogP contribution in [0.25, 0.3) is 10.4 Å². The molecular weight excluding hydrogens is 1560 g/mol. The van der Waals surface area contributed by atoms with Crippen molar-refractivity contribution in [3.8, 4) is 30.4 Å². The first kappa shape index (κ1) is 98.2. The summed E-state index contributed by atoms with van der Waals surface area (Å²) in [6, 6.07) is 5.41. The molecule has 116 heavy (non-hydrogen) atoms. The Morgan fingerprint density at radius 3 is 1.30 bits per heavy atom. The molecule has 44 heteroatoms. The largest absolute Gasteiger partial charge is 0.505 e. The zero-order valence-electron chi connectivity index (χ0n) is 66.1. The van der Waals surface area contributed by atoms with Crippen LogP contribution in [-0.4, -0.2) is 183 Å². The lowest BCUT2D eigenvalue weighted by Gasteiger charge is -2.23. The second kappa shape index (κ2) is 47.2. The Bertz CT molecular complexity index is 4670. The number of hydrogen-bond acceptors (Lipinski definition) is 27. The number of azide groups is 1. The number of nitrogens with zero attached hydrogens (tertiary/aromatic N) is 10. The lowest BCUT2D eigenvalue weighted by Crippen LogP contribution is -2.33. The molecule has 0 amide bonds. The van der Waals surface area contributed by atoms with Crippen molar-refractivity contribution in [2.45, 2.75) is 240 Å². The van der Waals surface area contributed by atoms with Crippen LogP contribution in [0, 0.1) is 59.3 Å². The van der Waals surface area contributed by atoms with Crippen LogP contribution in [0.2, 0.25) is 0 Å². The number of terminal acetylenes is 2. The molecule has 10 heterocycles. The van der Waals surface area contributed by atoms with Gasteiger partial charge in [0.1, 0.15) is 48.0 Å². The maximum atomic E-state index is 12.8. The average Bonchev–Trinajstić information content (AvgIpc) is 1.70. The summed E-state index contributed by atoms with van der Waals surface area (Å²) >= 11 is 0. The molecule has 4 fully saturated rings. The van der Waals surface area contributed by atoms with Gasteiger partial charge in [-0.15, -0.1) is 31.1 Å². The second-order valence-electron chi connectivity index (χ2n) is 25.1. The number of benzene rings is 1. The molecule has 642 valence electrons. The van der Waals surface area contributed by atoms with Gasteiger partial charge in [-0.25, -0.2) is 24.0 Å². The molecule has 15 atom stereocenters. The maximum Gasteiger partial charge on any atom is 0.505 e. The number of aliphatic hydroxyl groups excluding tert-OH is 3. The van der Waals surface area contributed by atoms with E-state index >= 15 is 0 Å². The molecule has 0 bridgehead atoms. The Morgan fingerprint density at radius 2 is 0.974 bits per heavy atom. The summed E-state index contributed by atoms with van der Waals surface area (Å²) in [5.41, 5.74) is 6.17. The molecule has 6 aromatic rings. The number of aromatic amines is 4. The predicted octanol–water partition coefficient (Wildman–Crippen LogP) is 6.02. The third-order valence-corrected chi connectivity index (χ3v) is 17.0. The van der Waals surface area contributed by atoms with Crippen molar-refractivity contribution in [2.24, 2.45) is 5.11 Å². The first-order chi connectivity index (χ1) is 54.9. The Balaban J connectivity index is 0.000000297.